The van der Waals surface area contributed by atoms with E-state index in [1.165, 1.54) is 6.33 Å². The first-order valence-electron chi connectivity index (χ1n) is 6.49. The number of nitrogens with two attached hydrogens (primary N) is 1. The standard InChI is InChI=1S/C13H15N5O3/c1-2-3-20-8-4-10(21-9(8)5-19)18-7-17-11-12(14)15-6-16-13(11)18/h1,6-10,19H,3-5H2,(H2,14,15,16)/t8?,9-,10-/m1/s1. The molecule has 3 rings (SSSR count). The number of aliphatic hydroxyl groups excluding tert-OH is 1. The summed E-state index contributed by atoms with van der Waals surface area (Å²) in [4.78, 5) is 12.3. The van der Waals surface area contributed by atoms with Gasteiger partial charge in [0.2, 0.25) is 0 Å². The number of aromatic nitrogens is 4. The quantitative estimate of drug-likeness (QED) is 0.744. The molecule has 0 aliphatic carbocycles. The first kappa shape index (κ1) is 13.8. The number of fused-ring (bicyclic) bond motifs is 1. The van der Waals surface area contributed by atoms with Crippen molar-refractivity contribution < 1.29 is 14.6 Å². The van der Waals surface area contributed by atoms with E-state index < -0.39 is 6.10 Å². The van der Waals surface area contributed by atoms with E-state index >= 15 is 0 Å². The predicted molar refractivity (Wildman–Crippen MR) is 73.9 cm³/mol. The van der Waals surface area contributed by atoms with Crippen LogP contribution in [-0.2, 0) is 9.47 Å². The van der Waals surface area contributed by atoms with Gasteiger partial charge in [0.25, 0.3) is 0 Å². The summed E-state index contributed by atoms with van der Waals surface area (Å²) in [6.45, 7) is 0.0343. The van der Waals surface area contributed by atoms with E-state index in [1.54, 1.807) is 10.9 Å². The molecule has 1 unspecified atom stereocenters. The molecule has 0 spiro atoms. The molecule has 0 radical (unpaired) electrons. The molecule has 1 fully saturated rings. The molecule has 3 heterocycles. The van der Waals surface area contributed by atoms with Crippen molar-refractivity contribution in [2.45, 2.75) is 24.9 Å². The van der Waals surface area contributed by atoms with Crippen molar-refractivity contribution in [1.29, 1.82) is 0 Å². The number of anilines is 1. The second-order valence-electron chi connectivity index (χ2n) is 4.68. The molecule has 2 aromatic rings. The Kier molecular flexibility index (Phi) is 3.70. The lowest BCUT2D eigenvalue weighted by molar-refractivity contribution is -0.0555. The second-order valence-corrected chi connectivity index (χ2v) is 4.68. The van der Waals surface area contributed by atoms with E-state index in [9.17, 15) is 5.11 Å². The van der Waals surface area contributed by atoms with Crippen LogP contribution in [0, 0.1) is 12.3 Å². The summed E-state index contributed by atoms with van der Waals surface area (Å²) < 4.78 is 13.1. The van der Waals surface area contributed by atoms with Crippen LogP contribution in [0.3, 0.4) is 0 Å². The molecular formula is C13H15N5O3. The van der Waals surface area contributed by atoms with Crippen molar-refractivity contribution in [2.24, 2.45) is 0 Å². The van der Waals surface area contributed by atoms with Crippen LogP contribution >= 0.6 is 0 Å². The van der Waals surface area contributed by atoms with Gasteiger partial charge in [-0.3, -0.25) is 4.57 Å². The summed E-state index contributed by atoms with van der Waals surface area (Å²) >= 11 is 0. The number of terminal acetylenes is 1. The highest BCUT2D eigenvalue weighted by atomic mass is 16.6. The van der Waals surface area contributed by atoms with Crippen molar-refractivity contribution >= 4 is 17.0 Å². The minimum absolute atomic E-state index is 0.143. The van der Waals surface area contributed by atoms with Gasteiger partial charge < -0.3 is 20.3 Å². The van der Waals surface area contributed by atoms with Gasteiger partial charge in [-0.1, -0.05) is 5.92 Å². The summed E-state index contributed by atoms with van der Waals surface area (Å²) in [6, 6.07) is 0. The molecule has 0 saturated carbocycles. The van der Waals surface area contributed by atoms with Gasteiger partial charge in [-0.25, -0.2) is 15.0 Å². The Morgan fingerprint density at radius 2 is 2.38 bits per heavy atom. The first-order chi connectivity index (χ1) is 10.2. The Labute approximate surface area is 120 Å². The Morgan fingerprint density at radius 3 is 3.14 bits per heavy atom. The third-order valence-electron chi connectivity index (χ3n) is 3.44. The maximum atomic E-state index is 9.38. The molecule has 2 aromatic heterocycles. The highest BCUT2D eigenvalue weighted by Gasteiger charge is 2.37. The van der Waals surface area contributed by atoms with Crippen LogP contribution in [0.1, 0.15) is 12.6 Å². The van der Waals surface area contributed by atoms with Crippen LogP contribution in [-0.4, -0.2) is 50.0 Å². The van der Waals surface area contributed by atoms with Crippen molar-refractivity contribution in [3.05, 3.63) is 12.7 Å². The fraction of sp³-hybridized carbons (Fsp3) is 0.462. The molecule has 1 aliphatic rings. The summed E-state index contributed by atoms with van der Waals surface area (Å²) in [5, 5.41) is 9.38. The first-order valence-corrected chi connectivity index (χ1v) is 6.49. The minimum Gasteiger partial charge on any atom is -0.394 e. The molecule has 0 amide bonds. The van der Waals surface area contributed by atoms with E-state index in [0.29, 0.717) is 23.4 Å². The number of rotatable bonds is 4. The fourth-order valence-corrected chi connectivity index (χ4v) is 2.45. The fourth-order valence-electron chi connectivity index (χ4n) is 2.45. The van der Waals surface area contributed by atoms with Gasteiger partial charge in [0.1, 0.15) is 30.8 Å². The third-order valence-corrected chi connectivity index (χ3v) is 3.44. The molecule has 0 aromatic carbocycles. The molecule has 8 nitrogen and oxygen atoms in total. The van der Waals surface area contributed by atoms with E-state index in [-0.39, 0.29) is 25.5 Å². The van der Waals surface area contributed by atoms with Crippen molar-refractivity contribution in [3.63, 3.8) is 0 Å². The number of ether oxygens (including phenoxy) is 2. The van der Waals surface area contributed by atoms with Crippen LogP contribution in [0.5, 0.6) is 0 Å². The van der Waals surface area contributed by atoms with Gasteiger partial charge in [0.15, 0.2) is 11.5 Å². The van der Waals surface area contributed by atoms with Crippen LogP contribution in [0.2, 0.25) is 0 Å². The summed E-state index contributed by atoms with van der Waals surface area (Å²) in [5.74, 6) is 2.73. The van der Waals surface area contributed by atoms with Crippen LogP contribution in [0.4, 0.5) is 5.82 Å². The van der Waals surface area contributed by atoms with Gasteiger partial charge in [0.05, 0.1) is 19.0 Å². The summed E-state index contributed by atoms with van der Waals surface area (Å²) in [5.41, 5.74) is 6.87. The lowest BCUT2D eigenvalue weighted by atomic mass is 10.2. The van der Waals surface area contributed by atoms with Gasteiger partial charge >= 0.3 is 0 Å². The van der Waals surface area contributed by atoms with Gasteiger partial charge in [-0.05, 0) is 0 Å². The maximum absolute atomic E-state index is 9.38. The number of imidazole rings is 1. The summed E-state index contributed by atoms with van der Waals surface area (Å²) in [6.07, 6.45) is 7.66. The van der Waals surface area contributed by atoms with Crippen molar-refractivity contribution in [3.8, 4) is 12.3 Å². The molecule has 21 heavy (non-hydrogen) atoms. The average molecular weight is 289 g/mol. The van der Waals surface area contributed by atoms with E-state index in [4.69, 9.17) is 21.6 Å². The average Bonchev–Trinajstić information content (AvgIpc) is 3.09. The van der Waals surface area contributed by atoms with Gasteiger partial charge in [-0.2, -0.15) is 0 Å². The lowest BCUT2D eigenvalue weighted by Gasteiger charge is -2.14. The molecule has 3 atom stereocenters. The largest absolute Gasteiger partial charge is 0.394 e. The topological polar surface area (TPSA) is 108 Å². The molecule has 0 bridgehead atoms. The smallest absolute Gasteiger partial charge is 0.167 e. The zero-order valence-corrected chi connectivity index (χ0v) is 11.2. The monoisotopic (exact) mass is 289 g/mol. The minimum atomic E-state index is -0.431. The number of hydrogen-bond acceptors (Lipinski definition) is 7. The highest BCUT2D eigenvalue weighted by Crippen LogP contribution is 2.32. The number of hydrogen-bond donors (Lipinski definition) is 2. The lowest BCUT2D eigenvalue weighted by Crippen LogP contribution is -2.27. The zero-order chi connectivity index (χ0) is 14.8. The Hall–Kier alpha value is -2.21. The second kappa shape index (κ2) is 5.65. The third kappa shape index (κ3) is 2.42. The maximum Gasteiger partial charge on any atom is 0.167 e. The number of nitrogen functional groups attached to an aromatic ring is 1. The molecule has 1 saturated heterocycles. The number of nitrogens with zero attached hydrogens (tertiary/aromatic N) is 4. The van der Waals surface area contributed by atoms with Gasteiger partial charge in [-0.15, -0.1) is 6.42 Å². The van der Waals surface area contributed by atoms with E-state index in [0.717, 1.165) is 0 Å². The SMILES string of the molecule is C#CCOC1C[C@H](n2cnc3c(N)ncnc32)O[C@@H]1CO. The van der Waals surface area contributed by atoms with Crippen LogP contribution < -0.4 is 5.73 Å². The van der Waals surface area contributed by atoms with Gasteiger partial charge in [0, 0.05) is 6.42 Å². The van der Waals surface area contributed by atoms with Crippen LogP contribution in [0.25, 0.3) is 11.2 Å². The van der Waals surface area contributed by atoms with Crippen LogP contribution in [0.15, 0.2) is 12.7 Å². The highest BCUT2D eigenvalue weighted by molar-refractivity contribution is 5.81. The Bertz CT molecular complexity index is 680. The molecule has 3 N–H and O–H groups in total. The van der Waals surface area contributed by atoms with E-state index in [1.807, 2.05) is 0 Å². The molecule has 1 aliphatic heterocycles. The zero-order valence-electron chi connectivity index (χ0n) is 11.2. The number of aliphatic hydroxyl groups is 1. The Morgan fingerprint density at radius 1 is 1.52 bits per heavy atom. The van der Waals surface area contributed by atoms with Crippen molar-refractivity contribution in [1.82, 2.24) is 19.5 Å². The predicted octanol–water partition coefficient (Wildman–Crippen LogP) is -0.293. The normalized spacial score (nSPS) is 25.2. The molecular weight excluding hydrogens is 274 g/mol. The van der Waals surface area contributed by atoms with E-state index in [2.05, 4.69) is 20.9 Å². The summed E-state index contributed by atoms with van der Waals surface area (Å²) in [7, 11) is 0. The molecule has 110 valence electrons. The molecule has 8 heteroatoms. The van der Waals surface area contributed by atoms with Crippen molar-refractivity contribution in [2.75, 3.05) is 18.9 Å². The Balaban J connectivity index is 1.87.